The largest absolute Gasteiger partial charge is 0.425 e. The molecule has 0 unspecified atom stereocenters. The summed E-state index contributed by atoms with van der Waals surface area (Å²) in [6, 6.07) is 29.9. The number of rotatable bonds is 5. The Morgan fingerprint density at radius 3 is 1.53 bits per heavy atom. The lowest BCUT2D eigenvalue weighted by molar-refractivity contribution is 0.480. The molecule has 0 radical (unpaired) electrons. The Morgan fingerprint density at radius 2 is 1.10 bits per heavy atom. The van der Waals surface area contributed by atoms with Gasteiger partial charge in [0.1, 0.15) is 4.90 Å². The predicted octanol–water partition coefficient (Wildman–Crippen LogP) is 6.66. The number of hydrogen-bond donors (Lipinski definition) is 1. The summed E-state index contributed by atoms with van der Waals surface area (Å²) < 4.78 is 41.1. The van der Waals surface area contributed by atoms with Crippen molar-refractivity contribution in [2.24, 2.45) is 0 Å². The second-order valence-corrected chi connectivity index (χ2v) is 8.45. The first-order chi connectivity index (χ1) is 14.5. The molecule has 30 heavy (non-hydrogen) atoms. The second-order valence-electron chi connectivity index (χ2n) is 6.66. The van der Waals surface area contributed by atoms with Crippen molar-refractivity contribution < 1.29 is 16.0 Å². The first-order valence-electron chi connectivity index (χ1n) is 9.14. The summed E-state index contributed by atoms with van der Waals surface area (Å²) in [5.41, 5.74) is 3.94. The second kappa shape index (κ2) is 8.59. The fourth-order valence-corrected chi connectivity index (χ4v) is 5.01. The van der Waals surface area contributed by atoms with E-state index < -0.39 is 10.1 Å². The molecule has 0 aliphatic carbocycles. The normalized spacial score (nSPS) is 11.3. The van der Waals surface area contributed by atoms with E-state index in [0.29, 0.717) is 22.3 Å². The Bertz CT molecular complexity index is 1270. The fourth-order valence-electron chi connectivity index (χ4n) is 3.53. The Labute approximate surface area is 189 Å². The van der Waals surface area contributed by atoms with Gasteiger partial charge in [-0.2, -0.15) is 8.42 Å². The molecule has 0 atom stereocenters. The SMILES string of the molecule is O=S(=O)(O)c1c(OI)c(-c2ccccc2)cc(-c2ccccc2)c1-c1ccccc1. The molecule has 0 amide bonds. The van der Waals surface area contributed by atoms with Crippen LogP contribution in [0.2, 0.25) is 0 Å². The van der Waals surface area contributed by atoms with Crippen LogP contribution in [0.4, 0.5) is 0 Å². The van der Waals surface area contributed by atoms with Gasteiger partial charge in [0, 0.05) is 11.1 Å². The molecule has 0 spiro atoms. The molecule has 6 heteroatoms. The zero-order valence-corrected chi connectivity index (χ0v) is 18.7. The van der Waals surface area contributed by atoms with Crippen LogP contribution in [0.25, 0.3) is 33.4 Å². The molecule has 150 valence electrons. The van der Waals surface area contributed by atoms with Crippen LogP contribution in [0.5, 0.6) is 5.75 Å². The summed E-state index contributed by atoms with van der Waals surface area (Å²) >= 11 is 1.66. The summed E-state index contributed by atoms with van der Waals surface area (Å²) in [5, 5.41) is 0. The van der Waals surface area contributed by atoms with Gasteiger partial charge in [0.05, 0.1) is 0 Å². The minimum Gasteiger partial charge on any atom is -0.425 e. The third kappa shape index (κ3) is 3.98. The molecule has 4 aromatic rings. The molecular weight excluding hydrogens is 511 g/mol. The van der Waals surface area contributed by atoms with Crippen molar-refractivity contribution in [3.05, 3.63) is 97.1 Å². The van der Waals surface area contributed by atoms with Gasteiger partial charge in [-0.1, -0.05) is 91.0 Å². The maximum atomic E-state index is 12.6. The first kappa shape index (κ1) is 20.6. The number of halogens is 1. The maximum Gasteiger partial charge on any atom is 0.298 e. The Hall–Kier alpha value is -2.68. The topological polar surface area (TPSA) is 63.6 Å². The van der Waals surface area contributed by atoms with E-state index in [1.165, 1.54) is 0 Å². The molecule has 0 aliphatic rings. The number of hydrogen-bond acceptors (Lipinski definition) is 3. The third-order valence-electron chi connectivity index (χ3n) is 4.80. The van der Waals surface area contributed by atoms with Crippen LogP contribution in [-0.2, 0) is 10.1 Å². The van der Waals surface area contributed by atoms with Crippen molar-refractivity contribution in [3.63, 3.8) is 0 Å². The molecule has 1 N–H and O–H groups in total. The smallest absolute Gasteiger partial charge is 0.298 e. The van der Waals surface area contributed by atoms with Crippen LogP contribution in [0.3, 0.4) is 0 Å². The number of benzene rings is 4. The summed E-state index contributed by atoms with van der Waals surface area (Å²) in [6.45, 7) is 0. The summed E-state index contributed by atoms with van der Waals surface area (Å²) in [4.78, 5) is -0.247. The highest BCUT2D eigenvalue weighted by molar-refractivity contribution is 14.1. The molecule has 0 saturated heterocycles. The zero-order valence-electron chi connectivity index (χ0n) is 15.7. The molecule has 0 heterocycles. The van der Waals surface area contributed by atoms with Crippen LogP contribution in [-0.4, -0.2) is 13.0 Å². The van der Waals surface area contributed by atoms with Gasteiger partial charge in [-0.15, -0.1) is 0 Å². The highest BCUT2D eigenvalue weighted by Crippen LogP contribution is 2.48. The quantitative estimate of drug-likeness (QED) is 0.232. The van der Waals surface area contributed by atoms with E-state index in [1.54, 1.807) is 23.0 Å². The fraction of sp³-hybridized carbons (Fsp3) is 0. The first-order valence-corrected chi connectivity index (χ1v) is 11.5. The van der Waals surface area contributed by atoms with Gasteiger partial charge >= 0.3 is 0 Å². The van der Waals surface area contributed by atoms with Crippen LogP contribution in [0, 0.1) is 0 Å². The average Bonchev–Trinajstić information content (AvgIpc) is 2.78. The van der Waals surface area contributed by atoms with E-state index in [9.17, 15) is 13.0 Å². The van der Waals surface area contributed by atoms with Gasteiger partial charge in [-0.3, -0.25) is 4.55 Å². The summed E-state index contributed by atoms with van der Waals surface area (Å²) in [7, 11) is -4.62. The monoisotopic (exact) mass is 528 g/mol. The summed E-state index contributed by atoms with van der Waals surface area (Å²) in [6.07, 6.45) is 0. The maximum absolute atomic E-state index is 12.6. The van der Waals surface area contributed by atoms with Crippen LogP contribution in [0.15, 0.2) is 102 Å². The predicted molar refractivity (Wildman–Crippen MR) is 127 cm³/mol. The Kier molecular flexibility index (Phi) is 5.90. The molecule has 0 aliphatic heterocycles. The lowest BCUT2D eigenvalue weighted by Crippen LogP contribution is -2.06. The molecule has 0 aromatic heterocycles. The van der Waals surface area contributed by atoms with E-state index in [2.05, 4.69) is 0 Å². The van der Waals surface area contributed by atoms with E-state index in [0.717, 1.165) is 11.1 Å². The molecule has 0 saturated carbocycles. The van der Waals surface area contributed by atoms with Crippen molar-refractivity contribution in [1.82, 2.24) is 0 Å². The van der Waals surface area contributed by atoms with Crippen LogP contribution < -0.4 is 3.07 Å². The van der Waals surface area contributed by atoms with Gasteiger partial charge in [0.25, 0.3) is 10.1 Å². The zero-order chi connectivity index (χ0) is 21.1. The van der Waals surface area contributed by atoms with Crippen molar-refractivity contribution in [2.45, 2.75) is 4.90 Å². The van der Waals surface area contributed by atoms with Crippen LogP contribution in [0.1, 0.15) is 0 Å². The van der Waals surface area contributed by atoms with Crippen molar-refractivity contribution in [3.8, 4) is 39.1 Å². The van der Waals surface area contributed by atoms with E-state index >= 15 is 0 Å². The van der Waals surface area contributed by atoms with Gasteiger partial charge in [0.2, 0.25) is 0 Å². The van der Waals surface area contributed by atoms with Gasteiger partial charge < -0.3 is 3.07 Å². The van der Waals surface area contributed by atoms with Gasteiger partial charge in [0.15, 0.2) is 28.8 Å². The van der Waals surface area contributed by atoms with E-state index in [-0.39, 0.29) is 10.6 Å². The molecule has 4 rings (SSSR count). The van der Waals surface area contributed by atoms with Crippen LogP contribution >= 0.6 is 23.0 Å². The molecular formula is C24H17IO4S. The Morgan fingerprint density at radius 1 is 0.667 bits per heavy atom. The molecule has 4 aromatic carbocycles. The lowest BCUT2D eigenvalue weighted by atomic mass is 9.90. The third-order valence-corrected chi connectivity index (χ3v) is 6.15. The highest BCUT2D eigenvalue weighted by atomic mass is 127. The molecule has 0 bridgehead atoms. The van der Waals surface area contributed by atoms with Crippen molar-refractivity contribution in [2.75, 3.05) is 0 Å². The standard InChI is InChI=1S/C24H17IO4S/c25-29-23-21(18-12-6-2-7-13-18)16-20(17-10-4-1-5-11-17)22(24(23)30(26,27)28)19-14-8-3-9-15-19/h1-16H,(H,26,27,28). The summed E-state index contributed by atoms with van der Waals surface area (Å²) in [5.74, 6) is 0.0998. The van der Waals surface area contributed by atoms with Crippen molar-refractivity contribution >= 4 is 33.1 Å². The minimum atomic E-state index is -4.62. The Balaban J connectivity index is 2.21. The van der Waals surface area contributed by atoms with E-state index in [4.69, 9.17) is 3.07 Å². The highest BCUT2D eigenvalue weighted by Gasteiger charge is 2.29. The van der Waals surface area contributed by atoms with Crippen molar-refractivity contribution in [1.29, 1.82) is 0 Å². The lowest BCUT2D eigenvalue weighted by Gasteiger charge is -2.20. The van der Waals surface area contributed by atoms with E-state index in [1.807, 2.05) is 97.1 Å². The molecule has 4 nitrogen and oxygen atoms in total. The average molecular weight is 528 g/mol. The van der Waals surface area contributed by atoms with Gasteiger partial charge in [-0.05, 0) is 28.3 Å². The molecule has 0 fully saturated rings. The minimum absolute atomic E-state index is 0.0998. The van der Waals surface area contributed by atoms with Gasteiger partial charge in [-0.25, -0.2) is 0 Å².